The number of nitrogens with one attached hydrogen (secondary N) is 2. The molecule has 1 aliphatic rings. The van der Waals surface area contributed by atoms with Crippen molar-refractivity contribution in [1.82, 2.24) is 9.36 Å². The number of anilines is 1. The summed E-state index contributed by atoms with van der Waals surface area (Å²) >= 11 is 0. The van der Waals surface area contributed by atoms with Gasteiger partial charge in [-0.2, -0.15) is 0 Å². The van der Waals surface area contributed by atoms with E-state index in [0.29, 0.717) is 12.2 Å². The van der Waals surface area contributed by atoms with Gasteiger partial charge in [0.05, 0.1) is 24.5 Å². The topological polar surface area (TPSA) is 60.5 Å². The van der Waals surface area contributed by atoms with Crippen LogP contribution in [-0.2, 0) is 11.8 Å². The Labute approximate surface area is 135 Å². The predicted octanol–water partition coefficient (Wildman–Crippen LogP) is 0.102. The van der Waals surface area contributed by atoms with Crippen molar-refractivity contribution in [2.75, 3.05) is 25.0 Å². The van der Waals surface area contributed by atoms with Gasteiger partial charge in [0.15, 0.2) is 6.54 Å². The molecule has 1 saturated heterocycles. The Balaban J connectivity index is 1.85. The summed E-state index contributed by atoms with van der Waals surface area (Å²) in [5, 5.41) is 2.82. The molecule has 1 fully saturated rings. The molecule has 1 aromatic heterocycles. The lowest BCUT2D eigenvalue weighted by Gasteiger charge is -2.11. The molecule has 1 aromatic carbocycles. The molecule has 2 heterocycles. The zero-order chi connectivity index (χ0) is 16.4. The van der Waals surface area contributed by atoms with Crippen molar-refractivity contribution in [3.8, 4) is 5.69 Å². The molecule has 2 aromatic rings. The van der Waals surface area contributed by atoms with E-state index in [-0.39, 0.29) is 11.5 Å². The maximum Gasteiger partial charge on any atom is 0.295 e. The minimum atomic E-state index is -0.194. The van der Waals surface area contributed by atoms with Gasteiger partial charge in [0.1, 0.15) is 5.69 Å². The van der Waals surface area contributed by atoms with Crippen molar-refractivity contribution in [3.63, 3.8) is 0 Å². The van der Waals surface area contributed by atoms with Crippen molar-refractivity contribution in [2.24, 2.45) is 7.05 Å². The minimum absolute atomic E-state index is 0.0899. The summed E-state index contributed by atoms with van der Waals surface area (Å²) in [4.78, 5) is 26.2. The van der Waals surface area contributed by atoms with E-state index in [4.69, 9.17) is 0 Å². The fourth-order valence-corrected chi connectivity index (χ4v) is 3.17. The van der Waals surface area contributed by atoms with Crippen molar-refractivity contribution in [3.05, 3.63) is 46.4 Å². The zero-order valence-electron chi connectivity index (χ0n) is 13.6. The molecule has 122 valence electrons. The monoisotopic (exact) mass is 315 g/mol. The third-order valence-electron chi connectivity index (χ3n) is 4.54. The molecule has 0 radical (unpaired) electrons. The number of hydrogen-bond donors (Lipinski definition) is 2. The predicted molar refractivity (Wildman–Crippen MR) is 89.2 cm³/mol. The third kappa shape index (κ3) is 3.07. The normalized spacial score (nSPS) is 15.0. The summed E-state index contributed by atoms with van der Waals surface area (Å²) in [5.74, 6) is -0.0899. The quantitative estimate of drug-likeness (QED) is 0.841. The number of quaternary nitrogens is 1. The van der Waals surface area contributed by atoms with Crippen LogP contribution in [-0.4, -0.2) is 34.9 Å². The Kier molecular flexibility index (Phi) is 4.34. The number of nitrogens with zero attached hydrogens (tertiary/aromatic N) is 2. The molecular weight excluding hydrogens is 292 g/mol. The number of para-hydroxylation sites is 1. The molecule has 1 amide bonds. The van der Waals surface area contributed by atoms with Crippen LogP contribution >= 0.6 is 0 Å². The average Bonchev–Trinajstić information content (AvgIpc) is 3.12. The highest BCUT2D eigenvalue weighted by atomic mass is 16.2. The number of hydrogen-bond acceptors (Lipinski definition) is 2. The second kappa shape index (κ2) is 6.42. The van der Waals surface area contributed by atoms with E-state index in [1.54, 1.807) is 9.36 Å². The highest BCUT2D eigenvalue weighted by molar-refractivity contribution is 5.91. The highest BCUT2D eigenvalue weighted by Crippen LogP contribution is 2.13. The van der Waals surface area contributed by atoms with Gasteiger partial charge in [0, 0.05) is 19.9 Å². The molecule has 3 rings (SSSR count). The molecule has 6 nitrogen and oxygen atoms in total. The van der Waals surface area contributed by atoms with Crippen LogP contribution in [0.2, 0.25) is 0 Å². The summed E-state index contributed by atoms with van der Waals surface area (Å²) in [6.45, 7) is 4.35. The number of carbonyl (C=O) groups excluding carboxylic acids is 1. The first-order valence-corrected chi connectivity index (χ1v) is 8.05. The molecule has 0 spiro atoms. The van der Waals surface area contributed by atoms with Gasteiger partial charge < -0.3 is 10.2 Å². The van der Waals surface area contributed by atoms with E-state index in [1.165, 1.54) is 17.7 Å². The van der Waals surface area contributed by atoms with Crippen LogP contribution in [0.3, 0.4) is 0 Å². The number of benzene rings is 1. The molecule has 0 atom stereocenters. The summed E-state index contributed by atoms with van der Waals surface area (Å²) in [5.41, 5.74) is 1.72. The Morgan fingerprint density at radius 3 is 2.52 bits per heavy atom. The summed E-state index contributed by atoms with van der Waals surface area (Å²) < 4.78 is 3.35. The van der Waals surface area contributed by atoms with E-state index in [2.05, 4.69) is 5.32 Å². The molecule has 6 heteroatoms. The van der Waals surface area contributed by atoms with Crippen LogP contribution in [0.4, 0.5) is 5.69 Å². The maximum absolute atomic E-state index is 12.7. The van der Waals surface area contributed by atoms with E-state index < -0.39 is 0 Å². The van der Waals surface area contributed by atoms with Crippen LogP contribution in [0.5, 0.6) is 0 Å². The molecule has 0 saturated carbocycles. The van der Waals surface area contributed by atoms with E-state index in [0.717, 1.165) is 24.5 Å². The maximum atomic E-state index is 12.7. The standard InChI is InChI=1S/C17H22N4O2/c1-13-16(18-15(22)12-20-10-6-7-11-20)17(23)21(19(13)2)14-8-4-3-5-9-14/h3-5,8-9H,6-7,10-12H2,1-2H3,(H,18,22)/p+1. The second-order valence-electron chi connectivity index (χ2n) is 6.12. The van der Waals surface area contributed by atoms with Gasteiger partial charge in [-0.15, -0.1) is 0 Å². The molecule has 1 aliphatic heterocycles. The zero-order valence-corrected chi connectivity index (χ0v) is 13.6. The van der Waals surface area contributed by atoms with Crippen LogP contribution in [0.25, 0.3) is 5.69 Å². The van der Waals surface area contributed by atoms with Gasteiger partial charge in [-0.3, -0.25) is 14.3 Å². The van der Waals surface area contributed by atoms with Gasteiger partial charge in [-0.05, 0) is 19.1 Å². The number of rotatable bonds is 4. The van der Waals surface area contributed by atoms with Crippen molar-refractivity contribution in [2.45, 2.75) is 19.8 Å². The fraction of sp³-hybridized carbons (Fsp3) is 0.412. The Hall–Kier alpha value is -2.34. The molecule has 0 unspecified atom stereocenters. The average molecular weight is 315 g/mol. The van der Waals surface area contributed by atoms with Gasteiger partial charge in [0.25, 0.3) is 11.5 Å². The molecular formula is C17H23N4O2+. The summed E-state index contributed by atoms with van der Waals surface area (Å²) in [6.07, 6.45) is 2.35. The summed E-state index contributed by atoms with van der Waals surface area (Å²) in [6, 6.07) is 9.44. The number of amides is 1. The van der Waals surface area contributed by atoms with Gasteiger partial charge in [-0.1, -0.05) is 18.2 Å². The lowest BCUT2D eigenvalue weighted by Crippen LogP contribution is -3.11. The van der Waals surface area contributed by atoms with Crippen LogP contribution < -0.4 is 15.8 Å². The SMILES string of the molecule is Cc1c(NC(=O)C[NH+]2CCCC2)c(=O)n(-c2ccccc2)n1C. The van der Waals surface area contributed by atoms with Gasteiger partial charge in [0.2, 0.25) is 0 Å². The molecule has 23 heavy (non-hydrogen) atoms. The van der Waals surface area contributed by atoms with E-state index in [9.17, 15) is 9.59 Å². The first-order valence-electron chi connectivity index (χ1n) is 8.05. The van der Waals surface area contributed by atoms with Gasteiger partial charge >= 0.3 is 0 Å². The Morgan fingerprint density at radius 2 is 1.87 bits per heavy atom. The molecule has 0 aliphatic carbocycles. The van der Waals surface area contributed by atoms with E-state index >= 15 is 0 Å². The second-order valence-corrected chi connectivity index (χ2v) is 6.12. The minimum Gasteiger partial charge on any atom is -0.327 e. The summed E-state index contributed by atoms with van der Waals surface area (Å²) in [7, 11) is 1.82. The first-order chi connectivity index (χ1) is 11.1. The highest BCUT2D eigenvalue weighted by Gasteiger charge is 2.22. The first kappa shape index (κ1) is 15.6. The van der Waals surface area contributed by atoms with Gasteiger partial charge in [-0.25, -0.2) is 4.68 Å². The lowest BCUT2D eigenvalue weighted by atomic mass is 10.3. The van der Waals surface area contributed by atoms with Crippen LogP contribution in [0.15, 0.2) is 35.1 Å². The van der Waals surface area contributed by atoms with E-state index in [1.807, 2.05) is 44.3 Å². The number of aromatic nitrogens is 2. The van der Waals surface area contributed by atoms with Crippen molar-refractivity contribution < 1.29 is 9.69 Å². The van der Waals surface area contributed by atoms with Crippen molar-refractivity contribution in [1.29, 1.82) is 0 Å². The Bertz CT molecular complexity index is 755. The van der Waals surface area contributed by atoms with Crippen LogP contribution in [0, 0.1) is 6.92 Å². The number of carbonyl (C=O) groups is 1. The largest absolute Gasteiger partial charge is 0.327 e. The lowest BCUT2D eigenvalue weighted by molar-refractivity contribution is -0.878. The smallest absolute Gasteiger partial charge is 0.295 e. The Morgan fingerprint density at radius 1 is 1.22 bits per heavy atom. The molecule has 0 bridgehead atoms. The molecule has 2 N–H and O–H groups in total. The third-order valence-corrected chi connectivity index (χ3v) is 4.54. The van der Waals surface area contributed by atoms with Crippen molar-refractivity contribution >= 4 is 11.6 Å². The van der Waals surface area contributed by atoms with Crippen LogP contribution in [0.1, 0.15) is 18.5 Å². The number of likely N-dealkylation sites (tertiary alicyclic amines) is 1. The fourth-order valence-electron chi connectivity index (χ4n) is 3.17.